The summed E-state index contributed by atoms with van der Waals surface area (Å²) < 4.78 is 0. The quantitative estimate of drug-likeness (QED) is 0.197. The van der Waals surface area contributed by atoms with Crippen LogP contribution in [-0.4, -0.2) is 35.2 Å². The van der Waals surface area contributed by atoms with Gasteiger partial charge in [-0.15, -0.1) is 0 Å². The fourth-order valence-electron chi connectivity index (χ4n) is 0. The molecule has 0 aliphatic carbocycles. The van der Waals surface area contributed by atoms with Crippen LogP contribution >= 0.6 is 0 Å². The van der Waals surface area contributed by atoms with E-state index in [-0.39, 0.29) is 59.1 Å². The molecule has 0 saturated heterocycles. The van der Waals surface area contributed by atoms with E-state index in [0.29, 0.717) is 0 Å². The normalized spacial score (nSPS) is 6.17. The Morgan fingerprint density at radius 1 is 0.917 bits per heavy atom. The first kappa shape index (κ1) is 23.0. The van der Waals surface area contributed by atoms with Crippen LogP contribution in [0.15, 0.2) is 0 Å². The standard InChI is InChI=1S/2C2H5NO2.2Na/c2*3-2(5)1-4;;/h2*4H,1H2,(H2,3,5);;/q;;2*+1/p-2. The minimum Gasteiger partial charge on any atom is -0.861 e. The van der Waals surface area contributed by atoms with Gasteiger partial charge < -0.3 is 31.2 Å². The number of aliphatic hydroxyl groups is 2. The molecule has 0 radical (unpaired) electrons. The second-order valence-electron chi connectivity index (χ2n) is 1.16. The molecule has 6 nitrogen and oxygen atoms in total. The summed E-state index contributed by atoms with van der Waals surface area (Å²) >= 11 is 0. The van der Waals surface area contributed by atoms with Crippen LogP contribution in [0.4, 0.5) is 0 Å². The van der Waals surface area contributed by atoms with Gasteiger partial charge in [-0.25, -0.2) is 0 Å². The van der Waals surface area contributed by atoms with Crippen LogP contribution in [0.2, 0.25) is 0 Å². The predicted octanol–water partition coefficient (Wildman–Crippen LogP) is -9.36. The van der Waals surface area contributed by atoms with Crippen molar-refractivity contribution in [1.29, 1.82) is 10.8 Å². The summed E-state index contributed by atoms with van der Waals surface area (Å²) in [4.78, 5) is 0. The fourth-order valence-corrected chi connectivity index (χ4v) is 0. The first-order valence-electron chi connectivity index (χ1n) is 2.25. The molecule has 0 aliphatic rings. The van der Waals surface area contributed by atoms with Crippen LogP contribution in [0.5, 0.6) is 0 Å². The monoisotopic (exact) mass is 194 g/mol. The van der Waals surface area contributed by atoms with E-state index in [1.807, 2.05) is 0 Å². The Morgan fingerprint density at radius 2 is 1.00 bits per heavy atom. The molecule has 0 amide bonds. The van der Waals surface area contributed by atoms with E-state index < -0.39 is 25.0 Å². The molecule has 0 heterocycles. The van der Waals surface area contributed by atoms with Gasteiger partial charge in [0, 0.05) is 0 Å². The second-order valence-corrected chi connectivity index (χ2v) is 1.16. The summed E-state index contributed by atoms with van der Waals surface area (Å²) in [5.41, 5.74) is 0. The van der Waals surface area contributed by atoms with Crippen molar-refractivity contribution in [1.82, 2.24) is 0 Å². The molecule has 0 rings (SSSR count). The van der Waals surface area contributed by atoms with Gasteiger partial charge in [0.05, 0.1) is 13.2 Å². The SMILES string of the molecule is N=C([O-])CO.N=C([O-])CO.[Na+].[Na+]. The van der Waals surface area contributed by atoms with Crippen LogP contribution in [0.25, 0.3) is 0 Å². The van der Waals surface area contributed by atoms with Gasteiger partial charge in [-0.1, -0.05) is 0 Å². The molecule has 0 aromatic heterocycles. The Morgan fingerprint density at radius 3 is 1.00 bits per heavy atom. The van der Waals surface area contributed by atoms with Crippen LogP contribution in [-0.2, 0) is 0 Å². The molecule has 0 aromatic rings. The maximum Gasteiger partial charge on any atom is 1.00 e. The topological polar surface area (TPSA) is 134 Å². The molecule has 0 aromatic carbocycles. The van der Waals surface area contributed by atoms with Crippen LogP contribution in [0, 0.1) is 10.8 Å². The smallest absolute Gasteiger partial charge is 0.861 e. The number of hydrogen-bond donors (Lipinski definition) is 4. The van der Waals surface area contributed by atoms with Crippen molar-refractivity contribution in [3.05, 3.63) is 0 Å². The third kappa shape index (κ3) is 44.7. The first-order valence-corrected chi connectivity index (χ1v) is 2.25. The zero-order valence-corrected chi connectivity index (χ0v) is 11.1. The van der Waals surface area contributed by atoms with Crippen molar-refractivity contribution < 1.29 is 79.5 Å². The van der Waals surface area contributed by atoms with E-state index in [1.165, 1.54) is 0 Å². The van der Waals surface area contributed by atoms with Gasteiger partial charge in [-0.3, -0.25) is 0 Å². The van der Waals surface area contributed by atoms with Gasteiger partial charge in [-0.05, 0) is 11.8 Å². The van der Waals surface area contributed by atoms with Crippen molar-refractivity contribution in [3.63, 3.8) is 0 Å². The zero-order valence-electron chi connectivity index (χ0n) is 7.13. The summed E-state index contributed by atoms with van der Waals surface area (Å²) in [5, 5.41) is 45.5. The Balaban J connectivity index is -0.0000000457. The predicted molar refractivity (Wildman–Crippen MR) is 29.6 cm³/mol. The third-order valence-electron chi connectivity index (χ3n) is 0.287. The Hall–Kier alpha value is 0.860. The Kier molecular flexibility index (Phi) is 34.2. The Bertz CT molecular complexity index is 108. The van der Waals surface area contributed by atoms with Gasteiger partial charge in [-0.2, -0.15) is 0 Å². The molecule has 0 bridgehead atoms. The van der Waals surface area contributed by atoms with Crippen LogP contribution < -0.4 is 69.3 Å². The maximum atomic E-state index is 9.23. The average Bonchev–Trinajstić information content (AvgIpc) is 1.89. The average molecular weight is 194 g/mol. The summed E-state index contributed by atoms with van der Waals surface area (Å²) in [7, 11) is 0. The zero-order chi connectivity index (χ0) is 8.57. The fraction of sp³-hybridized carbons (Fsp3) is 0.500. The molecule has 8 heteroatoms. The van der Waals surface area contributed by atoms with Crippen LogP contribution in [0.3, 0.4) is 0 Å². The molecule has 0 aliphatic heterocycles. The number of nitrogens with one attached hydrogen (secondary N) is 2. The molecule has 12 heavy (non-hydrogen) atoms. The summed E-state index contributed by atoms with van der Waals surface area (Å²) in [6.45, 7) is -1.33. The molecule has 0 fully saturated rings. The van der Waals surface area contributed by atoms with Crippen LogP contribution in [0.1, 0.15) is 0 Å². The largest absolute Gasteiger partial charge is 1.00 e. The third-order valence-corrected chi connectivity index (χ3v) is 0.287. The van der Waals surface area contributed by atoms with Crippen molar-refractivity contribution >= 4 is 11.8 Å². The van der Waals surface area contributed by atoms with E-state index in [1.54, 1.807) is 0 Å². The Labute approximate surface area is 114 Å². The van der Waals surface area contributed by atoms with Gasteiger partial charge >= 0.3 is 59.1 Å². The molecule has 0 atom stereocenters. The number of rotatable bonds is 2. The second kappa shape index (κ2) is 17.8. The minimum absolute atomic E-state index is 0. The summed E-state index contributed by atoms with van der Waals surface area (Å²) in [5.74, 6) is -1.88. The van der Waals surface area contributed by atoms with Crippen molar-refractivity contribution in [2.75, 3.05) is 13.2 Å². The maximum absolute atomic E-state index is 9.23. The van der Waals surface area contributed by atoms with Gasteiger partial charge in [0.1, 0.15) is 0 Å². The first-order chi connectivity index (χ1) is 4.54. The van der Waals surface area contributed by atoms with E-state index in [0.717, 1.165) is 0 Å². The molecular formula is C4H8N2Na2O4. The van der Waals surface area contributed by atoms with E-state index in [4.69, 9.17) is 21.0 Å². The minimum atomic E-state index is -0.940. The van der Waals surface area contributed by atoms with Gasteiger partial charge in [0.2, 0.25) is 0 Å². The molecule has 0 unspecified atom stereocenters. The van der Waals surface area contributed by atoms with E-state index in [9.17, 15) is 10.2 Å². The van der Waals surface area contributed by atoms with Crippen molar-refractivity contribution in [2.45, 2.75) is 0 Å². The molecular weight excluding hydrogens is 186 g/mol. The van der Waals surface area contributed by atoms with Gasteiger partial charge in [0.25, 0.3) is 0 Å². The molecule has 4 N–H and O–H groups in total. The van der Waals surface area contributed by atoms with E-state index in [2.05, 4.69) is 0 Å². The summed E-state index contributed by atoms with van der Waals surface area (Å²) in [6.07, 6.45) is 0. The molecule has 60 valence electrons. The number of hydrogen-bond acceptors (Lipinski definition) is 6. The van der Waals surface area contributed by atoms with Gasteiger partial charge in [0.15, 0.2) is 0 Å². The van der Waals surface area contributed by atoms with Crippen molar-refractivity contribution in [3.8, 4) is 0 Å². The van der Waals surface area contributed by atoms with Crippen molar-refractivity contribution in [2.24, 2.45) is 0 Å². The number of aliphatic hydroxyl groups excluding tert-OH is 2. The summed E-state index contributed by atoms with van der Waals surface area (Å²) in [6, 6.07) is 0. The van der Waals surface area contributed by atoms with E-state index >= 15 is 0 Å². The molecule has 0 saturated carbocycles. The molecule has 0 spiro atoms.